The molecular formula is C4H7NO. The Morgan fingerprint density at radius 3 is 2.67 bits per heavy atom. The van der Waals surface area contributed by atoms with Gasteiger partial charge >= 0.3 is 0 Å². The van der Waals surface area contributed by atoms with Crippen LogP contribution in [0.2, 0.25) is 0 Å². The molecular weight excluding hydrogens is 78.0 g/mol. The Bertz CT molecular complexity index is 65.9. The van der Waals surface area contributed by atoms with Gasteiger partial charge in [0.05, 0.1) is 6.61 Å². The predicted octanol–water partition coefficient (Wildman–Crippen LogP) is -0.142. The number of epoxide rings is 1. The topological polar surface area (TPSA) is 38.5 Å². The summed E-state index contributed by atoms with van der Waals surface area (Å²) in [4.78, 5) is 0. The van der Waals surface area contributed by atoms with Crippen LogP contribution >= 0.6 is 0 Å². The monoisotopic (exact) mass is 85.1 g/mol. The van der Waals surface area contributed by atoms with Gasteiger partial charge in [0.25, 0.3) is 0 Å². The Balaban J connectivity index is 2.15. The Hall–Kier alpha value is -0.500. The molecule has 1 saturated heterocycles. The van der Waals surface area contributed by atoms with Crippen molar-refractivity contribution in [2.24, 2.45) is 5.73 Å². The summed E-state index contributed by atoms with van der Waals surface area (Å²) in [5, 5.41) is 0. The van der Waals surface area contributed by atoms with E-state index in [4.69, 9.17) is 10.5 Å². The number of ether oxygens (including phenoxy) is 1. The molecule has 1 heterocycles. The maximum Gasteiger partial charge on any atom is 0.101 e. The van der Waals surface area contributed by atoms with Gasteiger partial charge in [-0.2, -0.15) is 0 Å². The molecule has 0 saturated carbocycles. The highest BCUT2D eigenvalue weighted by Gasteiger charge is 2.17. The molecule has 0 aromatic heterocycles. The van der Waals surface area contributed by atoms with Crippen molar-refractivity contribution in [3.05, 3.63) is 12.3 Å². The van der Waals surface area contributed by atoms with Crippen LogP contribution in [0.15, 0.2) is 12.3 Å². The maximum absolute atomic E-state index is 5.01. The first-order valence-electron chi connectivity index (χ1n) is 1.93. The van der Waals surface area contributed by atoms with Crippen molar-refractivity contribution in [1.29, 1.82) is 0 Å². The molecule has 1 unspecified atom stereocenters. The summed E-state index contributed by atoms with van der Waals surface area (Å²) in [6.07, 6.45) is 3.69. The zero-order valence-corrected chi connectivity index (χ0v) is 3.42. The van der Waals surface area contributed by atoms with Crippen LogP contribution in [-0.4, -0.2) is 12.7 Å². The van der Waals surface area contributed by atoms with Crippen molar-refractivity contribution in [3.63, 3.8) is 0 Å². The van der Waals surface area contributed by atoms with Gasteiger partial charge in [0, 0.05) is 0 Å². The Kier molecular flexibility index (Phi) is 0.801. The zero-order valence-electron chi connectivity index (χ0n) is 3.42. The molecule has 0 aliphatic carbocycles. The predicted molar refractivity (Wildman–Crippen MR) is 23.1 cm³/mol. The highest BCUT2D eigenvalue weighted by atomic mass is 16.6. The average molecular weight is 85.1 g/mol. The van der Waals surface area contributed by atoms with Crippen LogP contribution in [0.1, 0.15) is 0 Å². The van der Waals surface area contributed by atoms with E-state index in [1.807, 2.05) is 6.08 Å². The Morgan fingerprint density at radius 2 is 2.50 bits per heavy atom. The third kappa shape index (κ3) is 0.723. The molecule has 2 heteroatoms. The lowest BCUT2D eigenvalue weighted by molar-refractivity contribution is 0.440. The molecule has 1 aliphatic rings. The Labute approximate surface area is 36.6 Å². The third-order valence-electron chi connectivity index (χ3n) is 0.685. The van der Waals surface area contributed by atoms with E-state index < -0.39 is 0 Å². The summed E-state index contributed by atoms with van der Waals surface area (Å²) < 4.78 is 4.78. The fourth-order valence-corrected chi connectivity index (χ4v) is 0.291. The van der Waals surface area contributed by atoms with Crippen LogP contribution in [-0.2, 0) is 4.74 Å². The lowest BCUT2D eigenvalue weighted by Crippen LogP contribution is -1.79. The number of rotatable bonds is 1. The summed E-state index contributed by atoms with van der Waals surface area (Å²) in [5.41, 5.74) is 5.01. The molecule has 2 nitrogen and oxygen atoms in total. The van der Waals surface area contributed by atoms with Crippen molar-refractivity contribution in [2.45, 2.75) is 6.10 Å². The number of hydrogen-bond donors (Lipinski definition) is 1. The van der Waals surface area contributed by atoms with Gasteiger partial charge in [0.2, 0.25) is 0 Å². The van der Waals surface area contributed by atoms with Crippen LogP contribution in [0.4, 0.5) is 0 Å². The lowest BCUT2D eigenvalue weighted by Gasteiger charge is -1.67. The molecule has 0 spiro atoms. The fourth-order valence-electron chi connectivity index (χ4n) is 0.291. The van der Waals surface area contributed by atoms with Crippen LogP contribution in [0.5, 0.6) is 0 Å². The molecule has 0 amide bonds. The first kappa shape index (κ1) is 3.68. The first-order chi connectivity index (χ1) is 2.93. The van der Waals surface area contributed by atoms with Crippen molar-refractivity contribution < 1.29 is 4.74 Å². The van der Waals surface area contributed by atoms with Gasteiger partial charge in [-0.3, -0.25) is 0 Å². The minimum atomic E-state index is 0.343. The van der Waals surface area contributed by atoms with E-state index in [1.165, 1.54) is 6.20 Å². The second-order valence-electron chi connectivity index (χ2n) is 1.26. The molecule has 34 valence electrons. The minimum Gasteiger partial charge on any atom is -0.405 e. The van der Waals surface area contributed by atoms with Gasteiger partial charge in [-0.15, -0.1) is 0 Å². The highest BCUT2D eigenvalue weighted by Crippen LogP contribution is 2.07. The lowest BCUT2D eigenvalue weighted by atomic mass is 10.5. The molecule has 0 radical (unpaired) electrons. The van der Waals surface area contributed by atoms with Gasteiger partial charge in [0.15, 0.2) is 0 Å². The number of nitrogens with two attached hydrogens (primary N) is 1. The minimum absolute atomic E-state index is 0.343. The van der Waals surface area contributed by atoms with E-state index in [-0.39, 0.29) is 0 Å². The average Bonchev–Trinajstić information content (AvgIpc) is 2.21. The third-order valence-corrected chi connectivity index (χ3v) is 0.685. The van der Waals surface area contributed by atoms with E-state index in [0.29, 0.717) is 6.10 Å². The van der Waals surface area contributed by atoms with Crippen molar-refractivity contribution in [3.8, 4) is 0 Å². The number of hydrogen-bond acceptors (Lipinski definition) is 2. The second kappa shape index (κ2) is 1.30. The van der Waals surface area contributed by atoms with Gasteiger partial charge in [-0.1, -0.05) is 0 Å². The highest BCUT2D eigenvalue weighted by molar-refractivity contribution is 4.92. The van der Waals surface area contributed by atoms with Crippen LogP contribution in [0, 0.1) is 0 Å². The van der Waals surface area contributed by atoms with Crippen molar-refractivity contribution in [2.75, 3.05) is 6.61 Å². The molecule has 2 N–H and O–H groups in total. The van der Waals surface area contributed by atoms with Gasteiger partial charge in [-0.25, -0.2) is 0 Å². The van der Waals surface area contributed by atoms with Gasteiger partial charge in [0.1, 0.15) is 6.10 Å². The first-order valence-corrected chi connectivity index (χ1v) is 1.93. The van der Waals surface area contributed by atoms with Crippen molar-refractivity contribution in [1.82, 2.24) is 0 Å². The van der Waals surface area contributed by atoms with E-state index in [1.54, 1.807) is 0 Å². The quantitative estimate of drug-likeness (QED) is 0.450. The molecule has 1 fully saturated rings. The smallest absolute Gasteiger partial charge is 0.101 e. The molecule has 0 aromatic carbocycles. The van der Waals surface area contributed by atoms with Crippen LogP contribution in [0.25, 0.3) is 0 Å². The fraction of sp³-hybridized carbons (Fsp3) is 0.500. The Morgan fingerprint density at radius 1 is 1.83 bits per heavy atom. The summed E-state index contributed by atoms with van der Waals surface area (Å²) in [7, 11) is 0. The normalized spacial score (nSPS) is 31.7. The molecule has 1 rings (SSSR count). The molecule has 0 aromatic rings. The second-order valence-corrected chi connectivity index (χ2v) is 1.26. The van der Waals surface area contributed by atoms with Gasteiger partial charge in [-0.05, 0) is 12.3 Å². The van der Waals surface area contributed by atoms with E-state index in [0.717, 1.165) is 6.61 Å². The molecule has 6 heavy (non-hydrogen) atoms. The molecule has 0 bridgehead atoms. The maximum atomic E-state index is 5.01. The van der Waals surface area contributed by atoms with Crippen LogP contribution < -0.4 is 5.73 Å². The summed E-state index contributed by atoms with van der Waals surface area (Å²) in [6.45, 7) is 0.855. The summed E-state index contributed by atoms with van der Waals surface area (Å²) in [6, 6.07) is 0. The summed E-state index contributed by atoms with van der Waals surface area (Å²) in [5.74, 6) is 0. The SMILES string of the molecule is NC=CC1CO1. The van der Waals surface area contributed by atoms with Crippen molar-refractivity contribution >= 4 is 0 Å². The van der Waals surface area contributed by atoms with E-state index in [9.17, 15) is 0 Å². The van der Waals surface area contributed by atoms with Gasteiger partial charge < -0.3 is 10.5 Å². The standard InChI is InChI=1S/C4H7NO/c5-2-1-4-3-6-4/h1-2,4H,3,5H2. The molecule has 1 atom stereocenters. The summed E-state index contributed by atoms with van der Waals surface area (Å²) >= 11 is 0. The van der Waals surface area contributed by atoms with E-state index in [2.05, 4.69) is 0 Å². The molecule has 1 aliphatic heterocycles. The van der Waals surface area contributed by atoms with Crippen LogP contribution in [0.3, 0.4) is 0 Å². The zero-order chi connectivity index (χ0) is 4.41. The largest absolute Gasteiger partial charge is 0.405 e. The van der Waals surface area contributed by atoms with E-state index >= 15 is 0 Å².